The van der Waals surface area contributed by atoms with E-state index in [1.807, 2.05) is 11.7 Å². The predicted molar refractivity (Wildman–Crippen MR) is 66.7 cm³/mol. The summed E-state index contributed by atoms with van der Waals surface area (Å²) >= 11 is 0. The Labute approximate surface area is 98.4 Å². The third-order valence-electron chi connectivity index (χ3n) is 3.54. The molecule has 0 amide bonds. The molecule has 16 heavy (non-hydrogen) atoms. The Bertz CT molecular complexity index is 359. The zero-order valence-electron chi connectivity index (χ0n) is 11.1. The van der Waals surface area contributed by atoms with Crippen molar-refractivity contribution in [1.29, 1.82) is 0 Å². The van der Waals surface area contributed by atoms with E-state index in [1.165, 1.54) is 24.3 Å². The van der Waals surface area contributed by atoms with Crippen LogP contribution in [0.5, 0.6) is 0 Å². The van der Waals surface area contributed by atoms with Crippen LogP contribution in [0.25, 0.3) is 0 Å². The molecule has 0 atom stereocenters. The molecule has 1 aliphatic rings. The maximum atomic E-state index is 4.64. The maximum Gasteiger partial charge on any atom is 0.0715 e. The van der Waals surface area contributed by atoms with Crippen molar-refractivity contribution in [3.63, 3.8) is 0 Å². The fourth-order valence-corrected chi connectivity index (χ4v) is 2.39. The lowest BCUT2D eigenvalue weighted by Gasteiger charge is -2.41. The van der Waals surface area contributed by atoms with E-state index in [1.54, 1.807) is 0 Å². The molecule has 1 aliphatic heterocycles. The second kappa shape index (κ2) is 4.21. The minimum atomic E-state index is 0.580. The lowest BCUT2D eigenvalue weighted by atomic mass is 9.89. The Hall–Kier alpha value is -0.830. The lowest BCUT2D eigenvalue weighted by molar-refractivity contribution is 0.107. The van der Waals surface area contributed by atoms with Crippen LogP contribution in [0.15, 0.2) is 6.20 Å². The fraction of sp³-hybridized carbons (Fsp3) is 0.769. The van der Waals surface area contributed by atoms with Crippen LogP contribution in [0.4, 0.5) is 0 Å². The van der Waals surface area contributed by atoms with Gasteiger partial charge in [0, 0.05) is 38.3 Å². The lowest BCUT2D eigenvalue weighted by Crippen LogP contribution is -2.49. The minimum absolute atomic E-state index is 0.580. The van der Waals surface area contributed by atoms with Crippen molar-refractivity contribution < 1.29 is 0 Å². The first-order valence-corrected chi connectivity index (χ1v) is 6.26. The smallest absolute Gasteiger partial charge is 0.0715 e. The summed E-state index contributed by atoms with van der Waals surface area (Å²) in [7, 11) is 2.02. The monoisotopic (exact) mass is 221 g/mol. The van der Waals surface area contributed by atoms with E-state index < -0.39 is 0 Å². The molecule has 2 rings (SSSR count). The molecule has 2 heterocycles. The van der Waals surface area contributed by atoms with Gasteiger partial charge in [0.15, 0.2) is 0 Å². The van der Waals surface area contributed by atoms with E-state index in [0.29, 0.717) is 17.9 Å². The van der Waals surface area contributed by atoms with Gasteiger partial charge in [0.05, 0.1) is 5.69 Å². The summed E-state index contributed by atoms with van der Waals surface area (Å²) in [5.74, 6) is 1.23. The van der Waals surface area contributed by atoms with Crippen molar-refractivity contribution >= 4 is 0 Å². The molecule has 1 aromatic rings. The van der Waals surface area contributed by atoms with Gasteiger partial charge < -0.3 is 0 Å². The number of likely N-dealkylation sites (tertiary alicyclic amines) is 1. The third kappa shape index (κ3) is 2.01. The highest BCUT2D eigenvalue weighted by atomic mass is 15.3. The van der Waals surface area contributed by atoms with Crippen LogP contribution in [-0.2, 0) is 7.05 Å². The number of hydrogen-bond donors (Lipinski definition) is 0. The SMILES string of the molecule is CC(C)c1cn(C)nc1C1CN(C(C)C)C1. The third-order valence-corrected chi connectivity index (χ3v) is 3.54. The molecule has 3 nitrogen and oxygen atoms in total. The Morgan fingerprint density at radius 3 is 2.38 bits per heavy atom. The highest BCUT2D eigenvalue weighted by Gasteiger charge is 2.33. The Kier molecular flexibility index (Phi) is 3.06. The number of rotatable bonds is 3. The second-order valence-electron chi connectivity index (χ2n) is 5.54. The molecule has 3 heteroatoms. The summed E-state index contributed by atoms with van der Waals surface area (Å²) in [6.45, 7) is 11.4. The summed E-state index contributed by atoms with van der Waals surface area (Å²) < 4.78 is 1.96. The maximum absolute atomic E-state index is 4.64. The quantitative estimate of drug-likeness (QED) is 0.781. The first-order chi connectivity index (χ1) is 7.49. The molecule has 1 saturated heterocycles. The molecule has 1 fully saturated rings. The van der Waals surface area contributed by atoms with Crippen molar-refractivity contribution in [2.45, 2.75) is 45.6 Å². The summed E-state index contributed by atoms with van der Waals surface area (Å²) in [4.78, 5) is 2.50. The first-order valence-electron chi connectivity index (χ1n) is 6.26. The minimum Gasteiger partial charge on any atom is -0.300 e. The number of aromatic nitrogens is 2. The highest BCUT2D eigenvalue weighted by Crippen LogP contribution is 2.32. The van der Waals surface area contributed by atoms with Gasteiger partial charge in [-0.15, -0.1) is 0 Å². The molecule has 0 bridgehead atoms. The normalized spacial score (nSPS) is 18.4. The van der Waals surface area contributed by atoms with Gasteiger partial charge in [-0.3, -0.25) is 9.58 Å². The van der Waals surface area contributed by atoms with Gasteiger partial charge in [-0.1, -0.05) is 13.8 Å². The fourth-order valence-electron chi connectivity index (χ4n) is 2.39. The average Bonchev–Trinajstić information content (AvgIpc) is 2.43. The molecule has 0 unspecified atom stereocenters. The summed E-state index contributed by atoms with van der Waals surface area (Å²) in [6, 6.07) is 0.669. The summed E-state index contributed by atoms with van der Waals surface area (Å²) in [5, 5.41) is 4.64. The van der Waals surface area contributed by atoms with Gasteiger partial charge in [0.25, 0.3) is 0 Å². The van der Waals surface area contributed by atoms with E-state index in [4.69, 9.17) is 0 Å². The van der Waals surface area contributed by atoms with Gasteiger partial charge in [-0.25, -0.2) is 0 Å². The molecule has 0 aromatic carbocycles. The highest BCUT2D eigenvalue weighted by molar-refractivity contribution is 5.27. The van der Waals surface area contributed by atoms with Crippen LogP contribution in [0.3, 0.4) is 0 Å². The van der Waals surface area contributed by atoms with Crippen molar-refractivity contribution in [3.05, 3.63) is 17.5 Å². The largest absolute Gasteiger partial charge is 0.300 e. The Morgan fingerprint density at radius 1 is 1.25 bits per heavy atom. The van der Waals surface area contributed by atoms with E-state index in [2.05, 4.69) is 43.9 Å². The molecule has 0 aliphatic carbocycles. The topological polar surface area (TPSA) is 21.1 Å². The first kappa shape index (κ1) is 11.6. The molecule has 1 aromatic heterocycles. The van der Waals surface area contributed by atoms with Crippen LogP contribution in [0.2, 0.25) is 0 Å². The van der Waals surface area contributed by atoms with Crippen molar-refractivity contribution in [2.24, 2.45) is 7.05 Å². The van der Waals surface area contributed by atoms with Crippen LogP contribution in [-0.4, -0.2) is 33.8 Å². The van der Waals surface area contributed by atoms with Gasteiger partial charge in [-0.05, 0) is 25.3 Å². The van der Waals surface area contributed by atoms with Gasteiger partial charge in [0.1, 0.15) is 0 Å². The Morgan fingerprint density at radius 2 is 1.88 bits per heavy atom. The average molecular weight is 221 g/mol. The Balaban J connectivity index is 2.11. The van der Waals surface area contributed by atoms with Crippen LogP contribution >= 0.6 is 0 Å². The second-order valence-corrected chi connectivity index (χ2v) is 5.54. The number of hydrogen-bond acceptors (Lipinski definition) is 2. The zero-order chi connectivity index (χ0) is 11.9. The standard InChI is InChI=1S/C13H23N3/c1-9(2)12-8-15(5)14-13(12)11-6-16(7-11)10(3)4/h8-11H,6-7H2,1-5H3. The van der Waals surface area contributed by atoms with Gasteiger partial charge >= 0.3 is 0 Å². The zero-order valence-corrected chi connectivity index (χ0v) is 11.1. The molecule has 0 radical (unpaired) electrons. The van der Waals surface area contributed by atoms with E-state index in [9.17, 15) is 0 Å². The molecular weight excluding hydrogens is 198 g/mol. The summed E-state index contributed by atoms with van der Waals surface area (Å²) in [5.41, 5.74) is 2.75. The molecule has 0 saturated carbocycles. The van der Waals surface area contributed by atoms with Gasteiger partial charge in [0.2, 0.25) is 0 Å². The number of aryl methyl sites for hydroxylation is 1. The van der Waals surface area contributed by atoms with Crippen molar-refractivity contribution in [3.8, 4) is 0 Å². The number of nitrogens with zero attached hydrogens (tertiary/aromatic N) is 3. The van der Waals surface area contributed by atoms with Crippen LogP contribution in [0.1, 0.15) is 50.8 Å². The van der Waals surface area contributed by atoms with E-state index in [-0.39, 0.29) is 0 Å². The van der Waals surface area contributed by atoms with Crippen molar-refractivity contribution in [2.75, 3.05) is 13.1 Å². The van der Waals surface area contributed by atoms with Gasteiger partial charge in [-0.2, -0.15) is 5.10 Å². The molecule has 90 valence electrons. The van der Waals surface area contributed by atoms with Crippen LogP contribution < -0.4 is 0 Å². The predicted octanol–water partition coefficient (Wildman–Crippen LogP) is 2.35. The molecular formula is C13H23N3. The van der Waals surface area contributed by atoms with Crippen LogP contribution in [0, 0.1) is 0 Å². The molecule has 0 N–H and O–H groups in total. The van der Waals surface area contributed by atoms with E-state index in [0.717, 1.165) is 0 Å². The van der Waals surface area contributed by atoms with E-state index >= 15 is 0 Å². The molecule has 0 spiro atoms. The summed E-state index contributed by atoms with van der Waals surface area (Å²) in [6.07, 6.45) is 2.18. The van der Waals surface area contributed by atoms with Crippen molar-refractivity contribution in [1.82, 2.24) is 14.7 Å².